The number of anilines is 1. The first-order chi connectivity index (χ1) is 14.5. The van der Waals surface area contributed by atoms with Gasteiger partial charge in [0.15, 0.2) is 11.5 Å². The van der Waals surface area contributed by atoms with Crippen LogP contribution in [0.1, 0.15) is 15.9 Å². The molecule has 0 spiro atoms. The third-order valence-corrected chi connectivity index (χ3v) is 4.64. The Hall–Kier alpha value is -3.38. The van der Waals surface area contributed by atoms with Crippen molar-refractivity contribution in [3.63, 3.8) is 0 Å². The maximum Gasteiger partial charge on any atom is 0.259 e. The number of amides is 1. The lowest BCUT2D eigenvalue weighted by Crippen LogP contribution is -2.12. The lowest BCUT2D eigenvalue weighted by molar-refractivity contribution is 0.102. The highest BCUT2D eigenvalue weighted by Gasteiger charge is 2.12. The summed E-state index contributed by atoms with van der Waals surface area (Å²) in [5.74, 6) is 1.36. The fourth-order valence-corrected chi connectivity index (χ4v) is 3.05. The summed E-state index contributed by atoms with van der Waals surface area (Å²) in [6.45, 7) is 0.446. The number of ether oxygens (including phenoxy) is 3. The predicted octanol–water partition coefficient (Wildman–Crippen LogP) is 4.94. The predicted molar refractivity (Wildman–Crippen MR) is 116 cm³/mol. The molecule has 3 aromatic carbocycles. The molecule has 0 unspecified atom stereocenters. The molecule has 3 aromatic rings. The second-order valence-corrected chi connectivity index (χ2v) is 6.87. The number of carbonyl (C=O) groups excluding carboxylic acids is 1. The summed E-state index contributed by atoms with van der Waals surface area (Å²) in [7, 11) is 3.20. The van der Waals surface area contributed by atoms with Gasteiger partial charge in [0.25, 0.3) is 5.91 Å². The molecule has 0 aromatic heterocycles. The first-order valence-corrected chi connectivity index (χ1v) is 9.61. The number of benzene rings is 3. The monoisotopic (exact) mass is 427 g/mol. The minimum atomic E-state index is -0.461. The Morgan fingerprint density at radius 1 is 1.00 bits per heavy atom. The summed E-state index contributed by atoms with van der Waals surface area (Å²) in [5, 5.41) is 13.0. The molecule has 0 bridgehead atoms. The smallest absolute Gasteiger partial charge is 0.259 e. The zero-order chi connectivity index (χ0) is 21.5. The van der Waals surface area contributed by atoms with E-state index in [4.69, 9.17) is 25.8 Å². The maximum atomic E-state index is 12.4. The number of halogens is 1. The van der Waals surface area contributed by atoms with Gasteiger partial charge >= 0.3 is 0 Å². The van der Waals surface area contributed by atoms with Crippen molar-refractivity contribution in [1.29, 1.82) is 0 Å². The molecule has 0 aliphatic carbocycles. The Balaban J connectivity index is 1.60. The highest BCUT2D eigenvalue weighted by atomic mass is 35.5. The van der Waals surface area contributed by atoms with Gasteiger partial charge in [0.1, 0.15) is 11.5 Å². The Bertz CT molecular complexity index is 1040. The minimum absolute atomic E-state index is 0.0993. The lowest BCUT2D eigenvalue weighted by atomic mass is 10.1. The van der Waals surface area contributed by atoms with E-state index in [9.17, 15) is 9.90 Å². The first-order valence-electron chi connectivity index (χ1n) is 9.24. The van der Waals surface area contributed by atoms with Gasteiger partial charge in [0.2, 0.25) is 0 Å². The van der Waals surface area contributed by atoms with Crippen molar-refractivity contribution in [3.05, 3.63) is 76.8 Å². The first kappa shape index (κ1) is 21.3. The van der Waals surface area contributed by atoms with Crippen LogP contribution in [0, 0.1) is 0 Å². The number of methoxy groups -OCH3 is 2. The molecule has 0 atom stereocenters. The summed E-state index contributed by atoms with van der Waals surface area (Å²) in [4.78, 5) is 12.4. The van der Waals surface area contributed by atoms with Gasteiger partial charge in [0.05, 0.1) is 26.4 Å². The Kier molecular flexibility index (Phi) is 7.03. The highest BCUT2D eigenvalue weighted by molar-refractivity contribution is 6.31. The third kappa shape index (κ3) is 5.36. The van der Waals surface area contributed by atoms with E-state index in [0.29, 0.717) is 41.0 Å². The number of rotatable bonds is 8. The van der Waals surface area contributed by atoms with Crippen molar-refractivity contribution < 1.29 is 24.1 Å². The molecule has 0 heterocycles. The second kappa shape index (κ2) is 9.89. The molecule has 156 valence electrons. The Morgan fingerprint density at radius 3 is 2.57 bits per heavy atom. The van der Waals surface area contributed by atoms with Crippen LogP contribution >= 0.6 is 11.6 Å². The zero-order valence-corrected chi connectivity index (χ0v) is 17.4. The van der Waals surface area contributed by atoms with Gasteiger partial charge in [-0.2, -0.15) is 0 Å². The van der Waals surface area contributed by atoms with Crippen molar-refractivity contribution >= 4 is 23.2 Å². The molecule has 30 heavy (non-hydrogen) atoms. The molecular weight excluding hydrogens is 406 g/mol. The molecular formula is C23H22ClNO5. The highest BCUT2D eigenvalue weighted by Crippen LogP contribution is 2.28. The van der Waals surface area contributed by atoms with Gasteiger partial charge in [-0.25, -0.2) is 0 Å². The Morgan fingerprint density at radius 2 is 1.80 bits per heavy atom. The molecule has 0 saturated carbocycles. The van der Waals surface area contributed by atoms with E-state index in [2.05, 4.69) is 5.32 Å². The van der Waals surface area contributed by atoms with E-state index >= 15 is 0 Å². The molecule has 3 rings (SSSR count). The molecule has 1 amide bonds. The van der Waals surface area contributed by atoms with Crippen molar-refractivity contribution in [2.45, 2.75) is 6.42 Å². The summed E-state index contributed by atoms with van der Waals surface area (Å²) in [6, 6.07) is 17.1. The van der Waals surface area contributed by atoms with E-state index < -0.39 is 5.91 Å². The minimum Gasteiger partial charge on any atom is -0.507 e. The van der Waals surface area contributed by atoms with Gasteiger partial charge in [-0.1, -0.05) is 23.7 Å². The number of phenols is 1. The fourth-order valence-electron chi connectivity index (χ4n) is 2.88. The van der Waals surface area contributed by atoms with Crippen LogP contribution in [0.3, 0.4) is 0 Å². The summed E-state index contributed by atoms with van der Waals surface area (Å²) >= 11 is 5.91. The van der Waals surface area contributed by atoms with Crippen LogP contribution in [0.5, 0.6) is 23.0 Å². The van der Waals surface area contributed by atoms with Gasteiger partial charge < -0.3 is 24.6 Å². The van der Waals surface area contributed by atoms with Crippen LogP contribution in [0.25, 0.3) is 0 Å². The fraction of sp³-hybridized carbons (Fsp3) is 0.174. The number of nitrogens with one attached hydrogen (secondary N) is 1. The summed E-state index contributed by atoms with van der Waals surface area (Å²) in [5.41, 5.74) is 1.69. The number of phenolic OH excluding ortho intramolecular Hbond substituents is 1. The van der Waals surface area contributed by atoms with Crippen LogP contribution in [0.2, 0.25) is 5.02 Å². The molecule has 0 fully saturated rings. The van der Waals surface area contributed by atoms with E-state index in [1.807, 2.05) is 18.2 Å². The van der Waals surface area contributed by atoms with Gasteiger partial charge in [-0.05, 0) is 48.0 Å². The zero-order valence-electron chi connectivity index (χ0n) is 16.6. The van der Waals surface area contributed by atoms with E-state index in [-0.39, 0.29) is 11.3 Å². The Labute approximate surface area is 180 Å². The second-order valence-electron chi connectivity index (χ2n) is 6.43. The number of carbonyl (C=O) groups is 1. The average Bonchev–Trinajstić information content (AvgIpc) is 2.75. The lowest BCUT2D eigenvalue weighted by Gasteiger charge is -2.11. The van der Waals surface area contributed by atoms with Gasteiger partial charge in [0, 0.05) is 23.2 Å². The number of hydrogen-bond donors (Lipinski definition) is 2. The van der Waals surface area contributed by atoms with E-state index in [1.165, 1.54) is 18.2 Å². The molecule has 0 radical (unpaired) electrons. The molecule has 0 saturated heterocycles. The van der Waals surface area contributed by atoms with E-state index in [1.54, 1.807) is 38.5 Å². The number of hydrogen-bond acceptors (Lipinski definition) is 5. The van der Waals surface area contributed by atoms with Crippen LogP contribution in [-0.2, 0) is 6.42 Å². The van der Waals surface area contributed by atoms with Gasteiger partial charge in [-0.3, -0.25) is 4.79 Å². The maximum absolute atomic E-state index is 12.4. The third-order valence-electron chi connectivity index (χ3n) is 4.40. The molecule has 6 nitrogen and oxygen atoms in total. The van der Waals surface area contributed by atoms with Crippen LogP contribution in [0.4, 0.5) is 5.69 Å². The van der Waals surface area contributed by atoms with Crippen molar-refractivity contribution in [3.8, 4) is 23.0 Å². The standard InChI is InChI=1S/C23H22ClNO5/c1-28-21-9-6-15(12-22(21)29-2)10-11-30-18-5-3-4-17(14-18)25-23(27)19-13-16(24)7-8-20(19)26/h3-9,12-14,26H,10-11H2,1-2H3,(H,25,27). The van der Waals surface area contributed by atoms with Crippen LogP contribution in [-0.4, -0.2) is 31.8 Å². The van der Waals surface area contributed by atoms with Gasteiger partial charge in [-0.15, -0.1) is 0 Å². The summed E-state index contributed by atoms with van der Waals surface area (Å²) in [6.07, 6.45) is 0.674. The largest absolute Gasteiger partial charge is 0.507 e. The SMILES string of the molecule is COc1ccc(CCOc2cccc(NC(=O)c3cc(Cl)ccc3O)c2)cc1OC. The number of aromatic hydroxyl groups is 1. The molecule has 0 aliphatic rings. The van der Waals surface area contributed by atoms with Crippen molar-refractivity contribution in [2.24, 2.45) is 0 Å². The van der Waals surface area contributed by atoms with Crippen molar-refractivity contribution in [2.75, 3.05) is 26.1 Å². The molecule has 7 heteroatoms. The summed E-state index contributed by atoms with van der Waals surface area (Å²) < 4.78 is 16.4. The van der Waals surface area contributed by atoms with E-state index in [0.717, 1.165) is 5.56 Å². The normalized spacial score (nSPS) is 10.4. The molecule has 0 aliphatic heterocycles. The average molecular weight is 428 g/mol. The topological polar surface area (TPSA) is 77.0 Å². The van der Waals surface area contributed by atoms with Crippen LogP contribution in [0.15, 0.2) is 60.7 Å². The van der Waals surface area contributed by atoms with Crippen LogP contribution < -0.4 is 19.5 Å². The quantitative estimate of drug-likeness (QED) is 0.532. The van der Waals surface area contributed by atoms with Crippen molar-refractivity contribution in [1.82, 2.24) is 0 Å². The molecule has 2 N–H and O–H groups in total.